The van der Waals surface area contributed by atoms with E-state index in [0.717, 1.165) is 5.56 Å². The molecule has 0 bridgehead atoms. The quantitative estimate of drug-likeness (QED) is 0.255. The molecule has 0 saturated heterocycles. The van der Waals surface area contributed by atoms with E-state index < -0.39 is 12.0 Å². The predicted molar refractivity (Wildman–Crippen MR) is 61.3 cm³/mol. The number of rotatable bonds is 4. The summed E-state index contributed by atoms with van der Waals surface area (Å²) in [7, 11) is 0. The molecule has 1 atom stereocenters. The summed E-state index contributed by atoms with van der Waals surface area (Å²) in [6, 6.07) is 8.29. The van der Waals surface area contributed by atoms with E-state index in [2.05, 4.69) is 0 Å². The average molecular weight is 221 g/mol. The van der Waals surface area contributed by atoms with Crippen LogP contribution in [0.25, 0.3) is 0 Å². The van der Waals surface area contributed by atoms with Crippen LogP contribution in [0.1, 0.15) is 19.4 Å². The summed E-state index contributed by atoms with van der Waals surface area (Å²) in [6.45, 7) is 3.51. The van der Waals surface area contributed by atoms with Gasteiger partial charge in [0.25, 0.3) is 6.04 Å². The van der Waals surface area contributed by atoms with Crippen LogP contribution in [0.5, 0.6) is 0 Å². The molecular formula is C12H15NO3. The first-order chi connectivity index (χ1) is 7.65. The smallest absolute Gasteiger partial charge is 0.376 e. The van der Waals surface area contributed by atoms with Gasteiger partial charge in [-0.2, -0.15) is 4.74 Å². The highest BCUT2D eigenvalue weighted by Gasteiger charge is 2.20. The van der Waals surface area contributed by atoms with Gasteiger partial charge in [-0.15, -0.1) is 0 Å². The molecule has 0 saturated carbocycles. The minimum Gasteiger partial charge on any atom is -0.623 e. The Morgan fingerprint density at radius 3 is 2.69 bits per heavy atom. The molecule has 0 aliphatic rings. The Bertz CT molecular complexity index is 373. The fourth-order valence-corrected chi connectivity index (χ4v) is 1.16. The molecule has 0 amide bonds. The Kier molecular flexibility index (Phi) is 4.51. The Balaban J connectivity index is 2.74. The first-order valence-electron chi connectivity index (χ1n) is 5.17. The highest BCUT2D eigenvalue weighted by atomic mass is 16.5. The standard InChI is InChI=1S/C12H15NO3/c1-3-16-12(14)10(2)13(15)9-11-7-5-4-6-8-11/h4-10H,3H2,1-2H3/b13-9-. The number of hydroxylamine groups is 1. The van der Waals surface area contributed by atoms with Crippen LogP contribution in [0.2, 0.25) is 0 Å². The molecule has 4 heteroatoms. The molecule has 0 aromatic heterocycles. The molecule has 4 nitrogen and oxygen atoms in total. The van der Waals surface area contributed by atoms with Crippen molar-refractivity contribution in [3.63, 3.8) is 0 Å². The summed E-state index contributed by atoms with van der Waals surface area (Å²) in [5, 5.41) is 11.6. The molecule has 1 rings (SSSR count). The van der Waals surface area contributed by atoms with E-state index in [-0.39, 0.29) is 6.61 Å². The van der Waals surface area contributed by atoms with Crippen LogP contribution in [-0.2, 0) is 9.53 Å². The fraction of sp³-hybridized carbons (Fsp3) is 0.333. The van der Waals surface area contributed by atoms with Gasteiger partial charge in [-0.05, 0) is 19.1 Å². The largest absolute Gasteiger partial charge is 0.623 e. The molecule has 0 spiro atoms. The zero-order valence-electron chi connectivity index (χ0n) is 9.42. The molecule has 86 valence electrons. The van der Waals surface area contributed by atoms with Gasteiger partial charge in [0.1, 0.15) is 0 Å². The number of hydrogen-bond acceptors (Lipinski definition) is 3. The van der Waals surface area contributed by atoms with Gasteiger partial charge >= 0.3 is 5.97 Å². The highest BCUT2D eigenvalue weighted by Crippen LogP contribution is 1.98. The topological polar surface area (TPSA) is 52.4 Å². The van der Waals surface area contributed by atoms with Crippen molar-refractivity contribution >= 4 is 12.2 Å². The van der Waals surface area contributed by atoms with E-state index in [1.165, 1.54) is 13.1 Å². The summed E-state index contributed by atoms with van der Waals surface area (Å²) in [4.78, 5) is 11.3. The zero-order valence-corrected chi connectivity index (χ0v) is 9.42. The van der Waals surface area contributed by atoms with Crippen molar-refractivity contribution < 1.29 is 14.3 Å². The number of nitrogens with zero attached hydrogens (tertiary/aromatic N) is 1. The van der Waals surface area contributed by atoms with Gasteiger partial charge < -0.3 is 9.94 Å². The molecule has 1 aromatic rings. The second-order valence-corrected chi connectivity index (χ2v) is 3.33. The number of esters is 1. The number of carbonyl (C=O) groups excluding carboxylic acids is 1. The lowest BCUT2D eigenvalue weighted by molar-refractivity contribution is -0.480. The Morgan fingerprint density at radius 1 is 1.50 bits per heavy atom. The van der Waals surface area contributed by atoms with E-state index in [0.29, 0.717) is 4.74 Å². The molecule has 1 unspecified atom stereocenters. The third kappa shape index (κ3) is 3.38. The van der Waals surface area contributed by atoms with Crippen molar-refractivity contribution in [1.29, 1.82) is 0 Å². The molecule has 0 heterocycles. The van der Waals surface area contributed by atoms with Crippen molar-refractivity contribution in [3.8, 4) is 0 Å². The molecule has 0 aliphatic carbocycles. The minimum atomic E-state index is -0.819. The lowest BCUT2D eigenvalue weighted by atomic mass is 10.2. The van der Waals surface area contributed by atoms with E-state index in [4.69, 9.17) is 4.74 Å². The Labute approximate surface area is 94.7 Å². The summed E-state index contributed by atoms with van der Waals surface area (Å²) in [5.41, 5.74) is 0.758. The minimum absolute atomic E-state index is 0.280. The van der Waals surface area contributed by atoms with Crippen molar-refractivity contribution in [2.45, 2.75) is 19.9 Å². The SMILES string of the molecule is CCOC(=O)C(C)/[N+]([O-])=C/c1ccccc1. The van der Waals surface area contributed by atoms with Crippen molar-refractivity contribution in [1.82, 2.24) is 0 Å². The molecule has 16 heavy (non-hydrogen) atoms. The van der Waals surface area contributed by atoms with Gasteiger partial charge in [0.15, 0.2) is 6.21 Å². The van der Waals surface area contributed by atoms with Crippen LogP contribution in [-0.4, -0.2) is 29.6 Å². The number of benzene rings is 1. The van der Waals surface area contributed by atoms with Gasteiger partial charge in [-0.25, -0.2) is 4.79 Å². The highest BCUT2D eigenvalue weighted by molar-refractivity contribution is 5.78. The first-order valence-corrected chi connectivity index (χ1v) is 5.17. The monoisotopic (exact) mass is 221 g/mol. The molecule has 0 radical (unpaired) electrons. The van der Waals surface area contributed by atoms with Gasteiger partial charge in [0, 0.05) is 12.5 Å². The second-order valence-electron chi connectivity index (χ2n) is 3.33. The van der Waals surface area contributed by atoms with Crippen LogP contribution in [0.3, 0.4) is 0 Å². The Hall–Kier alpha value is -1.84. The molecular weight excluding hydrogens is 206 g/mol. The molecule has 0 aliphatic heterocycles. The van der Waals surface area contributed by atoms with E-state index in [1.807, 2.05) is 18.2 Å². The summed E-state index contributed by atoms with van der Waals surface area (Å²) >= 11 is 0. The van der Waals surface area contributed by atoms with Crippen LogP contribution in [0.15, 0.2) is 30.3 Å². The Morgan fingerprint density at radius 2 is 2.12 bits per heavy atom. The van der Waals surface area contributed by atoms with E-state index in [9.17, 15) is 10.0 Å². The molecule has 0 N–H and O–H groups in total. The van der Waals surface area contributed by atoms with Gasteiger partial charge in [0.2, 0.25) is 0 Å². The van der Waals surface area contributed by atoms with Gasteiger partial charge in [0.05, 0.1) is 6.61 Å². The maximum absolute atomic E-state index is 11.6. The van der Waals surface area contributed by atoms with Crippen LogP contribution in [0, 0.1) is 5.21 Å². The van der Waals surface area contributed by atoms with Gasteiger partial charge in [-0.1, -0.05) is 18.2 Å². The zero-order chi connectivity index (χ0) is 12.0. The maximum atomic E-state index is 11.6. The third-order valence-corrected chi connectivity index (χ3v) is 2.09. The number of carbonyl (C=O) groups is 1. The summed E-state index contributed by atoms with van der Waals surface area (Å²) < 4.78 is 5.37. The van der Waals surface area contributed by atoms with Crippen molar-refractivity contribution in [3.05, 3.63) is 41.1 Å². The van der Waals surface area contributed by atoms with E-state index in [1.54, 1.807) is 19.1 Å². The summed E-state index contributed by atoms with van der Waals surface area (Å²) in [5.74, 6) is -0.510. The average Bonchev–Trinajstić information content (AvgIpc) is 2.29. The number of ether oxygens (including phenoxy) is 1. The maximum Gasteiger partial charge on any atom is 0.376 e. The molecule has 1 aromatic carbocycles. The van der Waals surface area contributed by atoms with Crippen LogP contribution < -0.4 is 0 Å². The number of hydrogen-bond donors (Lipinski definition) is 0. The molecule has 0 fully saturated rings. The second kappa shape index (κ2) is 5.90. The fourth-order valence-electron chi connectivity index (χ4n) is 1.16. The van der Waals surface area contributed by atoms with Crippen LogP contribution >= 0.6 is 0 Å². The first kappa shape index (κ1) is 12.2. The lowest BCUT2D eigenvalue weighted by Crippen LogP contribution is -2.30. The van der Waals surface area contributed by atoms with Crippen LogP contribution in [0.4, 0.5) is 0 Å². The van der Waals surface area contributed by atoms with Crippen molar-refractivity contribution in [2.24, 2.45) is 0 Å². The van der Waals surface area contributed by atoms with Crippen molar-refractivity contribution in [2.75, 3.05) is 6.61 Å². The lowest BCUT2D eigenvalue weighted by Gasteiger charge is -2.11. The predicted octanol–water partition coefficient (Wildman–Crippen LogP) is 1.57. The summed E-state index contributed by atoms with van der Waals surface area (Å²) in [6.07, 6.45) is 1.38. The van der Waals surface area contributed by atoms with Gasteiger partial charge in [-0.3, -0.25) is 0 Å². The normalized spacial score (nSPS) is 13.2. The third-order valence-electron chi connectivity index (χ3n) is 2.09. The van der Waals surface area contributed by atoms with E-state index >= 15 is 0 Å².